The van der Waals surface area contributed by atoms with Gasteiger partial charge in [-0.15, -0.1) is 0 Å². The molecule has 116 valence electrons. The summed E-state index contributed by atoms with van der Waals surface area (Å²) < 4.78 is 5.01. The molecule has 2 heterocycles. The fraction of sp³-hybridized carbons (Fsp3) is 0.600. The Labute approximate surface area is 134 Å². The van der Waals surface area contributed by atoms with Gasteiger partial charge in [0.25, 0.3) is 0 Å². The van der Waals surface area contributed by atoms with Crippen molar-refractivity contribution in [3.05, 3.63) is 34.1 Å². The molecule has 0 aliphatic carbocycles. The quantitative estimate of drug-likeness (QED) is 0.830. The van der Waals surface area contributed by atoms with Crippen LogP contribution in [0, 0.1) is 0 Å². The topological polar surface area (TPSA) is 55.9 Å². The van der Waals surface area contributed by atoms with Crippen molar-refractivity contribution in [3.8, 4) is 0 Å². The lowest BCUT2D eigenvalue weighted by Crippen LogP contribution is -2.12. The SMILES string of the molecule is CCCn1cncc1C(O)Cc1c(Br)c(CC)nn1CC. The van der Waals surface area contributed by atoms with Crippen molar-refractivity contribution in [2.75, 3.05) is 0 Å². The summed E-state index contributed by atoms with van der Waals surface area (Å²) in [5.74, 6) is 0. The van der Waals surface area contributed by atoms with E-state index in [0.717, 1.165) is 47.5 Å². The summed E-state index contributed by atoms with van der Waals surface area (Å²) in [6.45, 7) is 7.95. The maximum Gasteiger partial charge on any atom is 0.101 e. The molecular weight excluding hydrogens is 332 g/mol. The normalized spacial score (nSPS) is 12.8. The Hall–Kier alpha value is -1.14. The zero-order valence-corrected chi connectivity index (χ0v) is 14.5. The highest BCUT2D eigenvalue weighted by molar-refractivity contribution is 9.10. The van der Waals surface area contributed by atoms with Crippen LogP contribution in [0.15, 0.2) is 17.0 Å². The summed E-state index contributed by atoms with van der Waals surface area (Å²) in [5, 5.41) is 15.2. The Kier molecular flexibility index (Phi) is 5.58. The van der Waals surface area contributed by atoms with E-state index < -0.39 is 6.10 Å². The fourth-order valence-electron chi connectivity index (χ4n) is 2.54. The molecule has 1 atom stereocenters. The summed E-state index contributed by atoms with van der Waals surface area (Å²) in [4.78, 5) is 4.16. The van der Waals surface area contributed by atoms with Crippen LogP contribution < -0.4 is 0 Å². The predicted molar refractivity (Wildman–Crippen MR) is 86.2 cm³/mol. The van der Waals surface area contributed by atoms with Crippen LogP contribution in [0.4, 0.5) is 0 Å². The molecule has 0 bridgehead atoms. The molecule has 0 spiro atoms. The van der Waals surface area contributed by atoms with Gasteiger partial charge in [-0.2, -0.15) is 5.10 Å². The van der Waals surface area contributed by atoms with Crippen molar-refractivity contribution < 1.29 is 5.11 Å². The predicted octanol–water partition coefficient (Wildman–Crippen LogP) is 3.11. The van der Waals surface area contributed by atoms with Gasteiger partial charge < -0.3 is 9.67 Å². The van der Waals surface area contributed by atoms with Gasteiger partial charge in [0, 0.05) is 19.5 Å². The van der Waals surface area contributed by atoms with Crippen LogP contribution in [0.5, 0.6) is 0 Å². The van der Waals surface area contributed by atoms with Crippen LogP contribution in [-0.2, 0) is 25.9 Å². The van der Waals surface area contributed by atoms with Crippen LogP contribution in [0.2, 0.25) is 0 Å². The van der Waals surface area contributed by atoms with Crippen LogP contribution in [0.25, 0.3) is 0 Å². The van der Waals surface area contributed by atoms with Gasteiger partial charge in [-0.1, -0.05) is 13.8 Å². The second-order valence-electron chi connectivity index (χ2n) is 5.11. The van der Waals surface area contributed by atoms with Crippen LogP contribution >= 0.6 is 15.9 Å². The molecule has 2 aromatic heterocycles. The lowest BCUT2D eigenvalue weighted by atomic mass is 10.1. The first kappa shape index (κ1) is 16.2. The standard InChI is InChI=1S/C15H23BrN4O/c1-4-7-19-10-17-9-13(19)14(21)8-12-15(16)11(5-2)18-20(12)6-3/h9-10,14,21H,4-8H2,1-3H3. The third-order valence-electron chi connectivity index (χ3n) is 3.63. The number of aryl methyl sites for hydroxylation is 3. The molecule has 0 radical (unpaired) electrons. The highest BCUT2D eigenvalue weighted by Gasteiger charge is 2.20. The van der Waals surface area contributed by atoms with Crippen molar-refractivity contribution >= 4 is 15.9 Å². The number of halogens is 1. The minimum absolute atomic E-state index is 0.539. The van der Waals surface area contributed by atoms with Crippen molar-refractivity contribution in [1.29, 1.82) is 0 Å². The number of aliphatic hydroxyl groups is 1. The molecule has 0 amide bonds. The molecule has 2 rings (SSSR count). The number of hydrogen-bond donors (Lipinski definition) is 1. The molecule has 0 saturated carbocycles. The third-order valence-corrected chi connectivity index (χ3v) is 4.55. The molecule has 0 aliphatic heterocycles. The summed E-state index contributed by atoms with van der Waals surface area (Å²) in [6.07, 6.45) is 5.41. The van der Waals surface area contributed by atoms with E-state index in [1.807, 2.05) is 9.25 Å². The summed E-state index contributed by atoms with van der Waals surface area (Å²) >= 11 is 3.63. The van der Waals surface area contributed by atoms with E-state index in [2.05, 4.69) is 46.8 Å². The maximum absolute atomic E-state index is 10.6. The van der Waals surface area contributed by atoms with Crippen molar-refractivity contribution in [2.45, 2.75) is 59.2 Å². The minimum atomic E-state index is -0.568. The van der Waals surface area contributed by atoms with E-state index >= 15 is 0 Å². The Morgan fingerprint density at radius 2 is 2.10 bits per heavy atom. The zero-order valence-electron chi connectivity index (χ0n) is 12.9. The Morgan fingerprint density at radius 3 is 2.71 bits per heavy atom. The van der Waals surface area contributed by atoms with Crippen LogP contribution in [0.3, 0.4) is 0 Å². The molecule has 21 heavy (non-hydrogen) atoms. The van der Waals surface area contributed by atoms with E-state index in [1.54, 1.807) is 12.5 Å². The van der Waals surface area contributed by atoms with E-state index in [-0.39, 0.29) is 0 Å². The third kappa shape index (κ3) is 3.37. The minimum Gasteiger partial charge on any atom is -0.386 e. The van der Waals surface area contributed by atoms with Crippen LogP contribution in [-0.4, -0.2) is 24.4 Å². The Morgan fingerprint density at radius 1 is 1.33 bits per heavy atom. The van der Waals surface area contributed by atoms with E-state index in [9.17, 15) is 5.11 Å². The van der Waals surface area contributed by atoms with Gasteiger partial charge in [0.1, 0.15) is 6.10 Å². The largest absolute Gasteiger partial charge is 0.386 e. The molecule has 5 nitrogen and oxygen atoms in total. The van der Waals surface area contributed by atoms with Crippen molar-refractivity contribution in [1.82, 2.24) is 19.3 Å². The highest BCUT2D eigenvalue weighted by atomic mass is 79.9. The highest BCUT2D eigenvalue weighted by Crippen LogP contribution is 2.27. The van der Waals surface area contributed by atoms with Crippen LogP contribution in [0.1, 0.15) is 50.4 Å². The average molecular weight is 355 g/mol. The van der Waals surface area contributed by atoms with Gasteiger partial charge in [-0.25, -0.2) is 4.98 Å². The first-order chi connectivity index (χ1) is 10.1. The number of rotatable bonds is 7. The van der Waals surface area contributed by atoms with Crippen molar-refractivity contribution in [2.24, 2.45) is 0 Å². The van der Waals surface area contributed by atoms with E-state index in [1.165, 1.54) is 0 Å². The second-order valence-corrected chi connectivity index (χ2v) is 5.90. The Balaban J connectivity index is 2.24. The van der Waals surface area contributed by atoms with Gasteiger partial charge >= 0.3 is 0 Å². The van der Waals surface area contributed by atoms with E-state index in [4.69, 9.17) is 0 Å². The molecule has 6 heteroatoms. The summed E-state index contributed by atoms with van der Waals surface area (Å²) in [5.41, 5.74) is 2.96. The molecule has 0 aliphatic rings. The monoisotopic (exact) mass is 354 g/mol. The van der Waals surface area contributed by atoms with Gasteiger partial charge in [-0.05, 0) is 35.7 Å². The summed E-state index contributed by atoms with van der Waals surface area (Å²) in [6, 6.07) is 0. The lowest BCUT2D eigenvalue weighted by Gasteiger charge is -2.14. The zero-order chi connectivity index (χ0) is 15.4. The number of aromatic nitrogens is 4. The van der Waals surface area contributed by atoms with Crippen molar-refractivity contribution in [3.63, 3.8) is 0 Å². The van der Waals surface area contributed by atoms with E-state index in [0.29, 0.717) is 6.42 Å². The van der Waals surface area contributed by atoms with Gasteiger partial charge in [0.05, 0.1) is 34.1 Å². The number of aliphatic hydroxyl groups excluding tert-OH is 1. The number of imidazole rings is 1. The fourth-order valence-corrected chi connectivity index (χ4v) is 3.26. The lowest BCUT2D eigenvalue weighted by molar-refractivity contribution is 0.165. The number of hydrogen-bond acceptors (Lipinski definition) is 3. The first-order valence-electron chi connectivity index (χ1n) is 7.54. The average Bonchev–Trinajstić information content (AvgIpc) is 3.05. The summed E-state index contributed by atoms with van der Waals surface area (Å²) in [7, 11) is 0. The smallest absolute Gasteiger partial charge is 0.101 e. The molecule has 0 fully saturated rings. The Bertz CT molecular complexity index is 591. The molecule has 0 saturated heterocycles. The maximum atomic E-state index is 10.6. The number of nitrogens with zero attached hydrogens (tertiary/aromatic N) is 4. The molecule has 2 aromatic rings. The molecule has 0 aromatic carbocycles. The molecule has 1 unspecified atom stereocenters. The van der Waals surface area contributed by atoms with Gasteiger partial charge in [-0.3, -0.25) is 4.68 Å². The van der Waals surface area contributed by atoms with Gasteiger partial charge in [0.15, 0.2) is 0 Å². The molecule has 1 N–H and O–H groups in total. The molecular formula is C15H23BrN4O. The van der Waals surface area contributed by atoms with Gasteiger partial charge in [0.2, 0.25) is 0 Å². The first-order valence-corrected chi connectivity index (χ1v) is 8.33. The second kappa shape index (κ2) is 7.22.